The second-order valence-electron chi connectivity index (χ2n) is 5.15. The van der Waals surface area contributed by atoms with Crippen molar-refractivity contribution in [2.24, 2.45) is 5.41 Å². The minimum Gasteiger partial charge on any atom is -0.493 e. The molecule has 0 aromatic heterocycles. The number of nitrogens with one attached hydrogen (secondary N) is 1. The minimum absolute atomic E-state index is 0.0133. The zero-order chi connectivity index (χ0) is 14.3. The topological polar surface area (TPSA) is 58.6 Å². The predicted molar refractivity (Wildman–Crippen MR) is 70.4 cm³/mol. The molecule has 4 nitrogen and oxygen atoms in total. The van der Waals surface area contributed by atoms with Gasteiger partial charge in [-0.05, 0) is 24.3 Å². The fraction of sp³-hybridized carbons (Fsp3) is 0.500. The van der Waals surface area contributed by atoms with Crippen LogP contribution < -0.4 is 10.1 Å². The van der Waals surface area contributed by atoms with Crippen LogP contribution in [-0.2, 0) is 4.79 Å². The molecule has 0 aliphatic rings. The zero-order valence-corrected chi connectivity index (χ0v) is 11.3. The SMILES string of the molecule is CC(C)(CO)CNC(=O)CCOc1ccc(F)cc1. The summed E-state index contributed by atoms with van der Waals surface area (Å²) < 4.78 is 18.0. The lowest BCUT2D eigenvalue weighted by Crippen LogP contribution is -2.36. The fourth-order valence-electron chi connectivity index (χ4n) is 1.27. The molecular weight excluding hydrogens is 249 g/mol. The first-order valence-corrected chi connectivity index (χ1v) is 6.19. The molecule has 5 heteroatoms. The highest BCUT2D eigenvalue weighted by molar-refractivity contribution is 5.76. The van der Waals surface area contributed by atoms with E-state index < -0.39 is 0 Å². The largest absolute Gasteiger partial charge is 0.493 e. The number of benzene rings is 1. The van der Waals surface area contributed by atoms with Crippen LogP contribution in [0.3, 0.4) is 0 Å². The summed E-state index contributed by atoms with van der Waals surface area (Å²) >= 11 is 0. The zero-order valence-electron chi connectivity index (χ0n) is 11.3. The average Bonchev–Trinajstić information content (AvgIpc) is 2.39. The molecule has 0 bridgehead atoms. The van der Waals surface area contributed by atoms with Crippen LogP contribution in [-0.4, -0.2) is 30.8 Å². The summed E-state index contributed by atoms with van der Waals surface area (Å²) in [7, 11) is 0. The highest BCUT2D eigenvalue weighted by Gasteiger charge is 2.17. The molecule has 106 valence electrons. The Morgan fingerprint density at radius 2 is 2.00 bits per heavy atom. The van der Waals surface area contributed by atoms with Crippen molar-refractivity contribution in [3.05, 3.63) is 30.1 Å². The maximum Gasteiger partial charge on any atom is 0.223 e. The van der Waals surface area contributed by atoms with Crippen molar-refractivity contribution in [3.8, 4) is 5.75 Å². The van der Waals surface area contributed by atoms with E-state index in [1.807, 2.05) is 13.8 Å². The van der Waals surface area contributed by atoms with Crippen LogP contribution in [0.25, 0.3) is 0 Å². The van der Waals surface area contributed by atoms with Crippen LogP contribution in [0.5, 0.6) is 5.75 Å². The second kappa shape index (κ2) is 7.09. The first kappa shape index (κ1) is 15.4. The molecule has 0 unspecified atom stereocenters. The summed E-state index contributed by atoms with van der Waals surface area (Å²) in [5.74, 6) is 0.0739. The number of ether oxygens (including phenoxy) is 1. The van der Waals surface area contributed by atoms with Gasteiger partial charge in [-0.3, -0.25) is 4.79 Å². The summed E-state index contributed by atoms with van der Waals surface area (Å²) in [4.78, 5) is 11.5. The van der Waals surface area contributed by atoms with Crippen LogP contribution in [0, 0.1) is 11.2 Å². The molecule has 1 rings (SSSR count). The van der Waals surface area contributed by atoms with E-state index in [1.54, 1.807) is 0 Å². The number of amides is 1. The number of rotatable bonds is 7. The van der Waals surface area contributed by atoms with Crippen molar-refractivity contribution < 1.29 is 19.0 Å². The van der Waals surface area contributed by atoms with E-state index in [0.29, 0.717) is 12.3 Å². The summed E-state index contributed by atoms with van der Waals surface area (Å²) in [6, 6.07) is 5.64. The highest BCUT2D eigenvalue weighted by atomic mass is 19.1. The summed E-state index contributed by atoms with van der Waals surface area (Å²) in [5.41, 5.74) is -0.326. The molecule has 0 atom stereocenters. The Labute approximate surface area is 112 Å². The molecule has 1 aromatic carbocycles. The molecule has 0 spiro atoms. The molecule has 0 heterocycles. The minimum atomic E-state index is -0.326. The Morgan fingerprint density at radius 3 is 2.58 bits per heavy atom. The van der Waals surface area contributed by atoms with E-state index >= 15 is 0 Å². The van der Waals surface area contributed by atoms with E-state index in [9.17, 15) is 9.18 Å². The van der Waals surface area contributed by atoms with Gasteiger partial charge in [0.1, 0.15) is 11.6 Å². The van der Waals surface area contributed by atoms with Crippen molar-refractivity contribution in [1.29, 1.82) is 0 Å². The van der Waals surface area contributed by atoms with Gasteiger partial charge in [-0.15, -0.1) is 0 Å². The van der Waals surface area contributed by atoms with Gasteiger partial charge >= 0.3 is 0 Å². The molecule has 1 amide bonds. The molecule has 0 saturated heterocycles. The molecule has 1 aromatic rings. The molecule has 0 radical (unpaired) electrons. The first-order chi connectivity index (χ1) is 8.93. The smallest absolute Gasteiger partial charge is 0.223 e. The summed E-state index contributed by atoms with van der Waals surface area (Å²) in [5, 5.41) is 11.8. The van der Waals surface area contributed by atoms with Crippen molar-refractivity contribution in [3.63, 3.8) is 0 Å². The molecule has 19 heavy (non-hydrogen) atoms. The number of halogens is 1. The lowest BCUT2D eigenvalue weighted by atomic mass is 9.95. The van der Waals surface area contributed by atoms with Gasteiger partial charge in [0.15, 0.2) is 0 Å². The number of carbonyl (C=O) groups excluding carboxylic acids is 1. The van der Waals surface area contributed by atoms with E-state index in [0.717, 1.165) is 0 Å². The van der Waals surface area contributed by atoms with E-state index in [-0.39, 0.29) is 36.8 Å². The summed E-state index contributed by atoms with van der Waals surface area (Å²) in [6.45, 7) is 4.39. The van der Waals surface area contributed by atoms with Crippen LogP contribution in [0.1, 0.15) is 20.3 Å². The molecular formula is C14H20FNO3. The Kier molecular flexibility index (Phi) is 5.76. The van der Waals surface area contributed by atoms with Crippen LogP contribution >= 0.6 is 0 Å². The molecule has 0 saturated carbocycles. The van der Waals surface area contributed by atoms with Crippen LogP contribution in [0.15, 0.2) is 24.3 Å². The standard InChI is InChI=1S/C14H20FNO3/c1-14(2,10-17)9-16-13(18)7-8-19-12-5-3-11(15)4-6-12/h3-6,17H,7-10H2,1-2H3,(H,16,18). The molecule has 2 N–H and O–H groups in total. The number of hydrogen-bond donors (Lipinski definition) is 2. The molecule has 0 fully saturated rings. The Balaban J connectivity index is 2.22. The van der Waals surface area contributed by atoms with Crippen molar-refractivity contribution in [1.82, 2.24) is 5.32 Å². The van der Waals surface area contributed by atoms with Gasteiger partial charge in [0.25, 0.3) is 0 Å². The quantitative estimate of drug-likeness (QED) is 0.792. The van der Waals surface area contributed by atoms with Gasteiger partial charge in [0.2, 0.25) is 5.91 Å². The number of carbonyl (C=O) groups is 1. The van der Waals surface area contributed by atoms with E-state index in [4.69, 9.17) is 9.84 Å². The van der Waals surface area contributed by atoms with Crippen molar-refractivity contribution >= 4 is 5.91 Å². The van der Waals surface area contributed by atoms with Gasteiger partial charge in [-0.25, -0.2) is 4.39 Å². The lowest BCUT2D eigenvalue weighted by molar-refractivity contribution is -0.122. The van der Waals surface area contributed by atoms with Gasteiger partial charge in [0, 0.05) is 18.6 Å². The number of aliphatic hydroxyl groups excluding tert-OH is 1. The van der Waals surface area contributed by atoms with Gasteiger partial charge in [-0.1, -0.05) is 13.8 Å². The van der Waals surface area contributed by atoms with Gasteiger partial charge in [0.05, 0.1) is 13.0 Å². The molecule has 0 aliphatic heterocycles. The third kappa shape index (κ3) is 6.20. The molecule has 0 aliphatic carbocycles. The maximum absolute atomic E-state index is 12.6. The van der Waals surface area contributed by atoms with Gasteiger partial charge < -0.3 is 15.2 Å². The normalized spacial score (nSPS) is 11.2. The van der Waals surface area contributed by atoms with Crippen molar-refractivity contribution in [2.75, 3.05) is 19.8 Å². The number of aliphatic hydroxyl groups is 1. The third-order valence-electron chi connectivity index (χ3n) is 2.60. The Hall–Kier alpha value is -1.62. The van der Waals surface area contributed by atoms with Crippen LogP contribution in [0.2, 0.25) is 0 Å². The van der Waals surface area contributed by atoms with Gasteiger partial charge in [-0.2, -0.15) is 0 Å². The Morgan fingerprint density at radius 1 is 1.37 bits per heavy atom. The third-order valence-corrected chi connectivity index (χ3v) is 2.60. The van der Waals surface area contributed by atoms with Crippen molar-refractivity contribution in [2.45, 2.75) is 20.3 Å². The summed E-state index contributed by atoms with van der Waals surface area (Å²) in [6.07, 6.45) is 0.221. The monoisotopic (exact) mass is 269 g/mol. The second-order valence-corrected chi connectivity index (χ2v) is 5.15. The number of hydrogen-bond acceptors (Lipinski definition) is 3. The van der Waals surface area contributed by atoms with E-state index in [2.05, 4.69) is 5.32 Å². The first-order valence-electron chi connectivity index (χ1n) is 6.19. The van der Waals surface area contributed by atoms with Crippen LogP contribution in [0.4, 0.5) is 4.39 Å². The Bertz CT molecular complexity index is 404. The lowest BCUT2D eigenvalue weighted by Gasteiger charge is -2.21. The van der Waals surface area contributed by atoms with E-state index in [1.165, 1.54) is 24.3 Å². The fourth-order valence-corrected chi connectivity index (χ4v) is 1.27. The highest BCUT2D eigenvalue weighted by Crippen LogP contribution is 2.12. The maximum atomic E-state index is 12.6. The average molecular weight is 269 g/mol. The predicted octanol–water partition coefficient (Wildman–Crippen LogP) is 1.73.